The van der Waals surface area contributed by atoms with Crippen LogP contribution in [0.5, 0.6) is 0 Å². The van der Waals surface area contributed by atoms with E-state index in [1.54, 1.807) is 24.3 Å². The van der Waals surface area contributed by atoms with Crippen LogP contribution in [0, 0.1) is 0 Å². The number of unbranched alkanes of at least 4 members (excludes halogenated alkanes) is 1. The van der Waals surface area contributed by atoms with E-state index < -0.39 is 0 Å². The molecule has 1 radical (unpaired) electrons. The van der Waals surface area contributed by atoms with Crippen LogP contribution in [0.4, 0.5) is 0 Å². The SMILES string of the molecule is CCCC[N]C(=O)c1ccccc1Cl. The standard InChI is InChI=1S/C11H13ClNO/c1-2-3-8-13-11(14)9-6-4-5-7-10(9)12/h4-7H,2-3,8H2,1H3. The van der Waals surface area contributed by atoms with Crippen molar-refractivity contribution in [1.29, 1.82) is 0 Å². The molecule has 0 unspecified atom stereocenters. The van der Waals surface area contributed by atoms with Crippen molar-refractivity contribution in [3.05, 3.63) is 34.9 Å². The van der Waals surface area contributed by atoms with Crippen LogP contribution in [0.25, 0.3) is 0 Å². The van der Waals surface area contributed by atoms with Gasteiger partial charge < -0.3 is 0 Å². The van der Waals surface area contributed by atoms with Gasteiger partial charge in [0, 0.05) is 6.54 Å². The average Bonchev–Trinajstić information content (AvgIpc) is 2.18. The second kappa shape index (κ2) is 5.66. The number of hydrogen-bond acceptors (Lipinski definition) is 1. The minimum atomic E-state index is -0.218. The van der Waals surface area contributed by atoms with Crippen LogP contribution in [0.3, 0.4) is 0 Å². The van der Waals surface area contributed by atoms with E-state index in [2.05, 4.69) is 12.2 Å². The molecule has 1 aromatic carbocycles. The zero-order chi connectivity index (χ0) is 10.4. The van der Waals surface area contributed by atoms with Gasteiger partial charge >= 0.3 is 0 Å². The van der Waals surface area contributed by atoms with Gasteiger partial charge in [-0.15, -0.1) is 0 Å². The number of hydrogen-bond donors (Lipinski definition) is 0. The Morgan fingerprint density at radius 3 is 2.79 bits per heavy atom. The van der Waals surface area contributed by atoms with E-state index in [0.717, 1.165) is 12.8 Å². The van der Waals surface area contributed by atoms with Crippen molar-refractivity contribution in [2.24, 2.45) is 0 Å². The largest absolute Gasteiger partial charge is 0.273 e. The van der Waals surface area contributed by atoms with Gasteiger partial charge in [0.05, 0.1) is 10.6 Å². The zero-order valence-electron chi connectivity index (χ0n) is 8.16. The van der Waals surface area contributed by atoms with Gasteiger partial charge in [-0.3, -0.25) is 4.79 Å². The second-order valence-corrected chi connectivity index (χ2v) is 3.43. The third-order valence-electron chi connectivity index (χ3n) is 1.87. The number of halogens is 1. The fourth-order valence-corrected chi connectivity index (χ4v) is 1.28. The Labute approximate surface area is 89.3 Å². The first-order valence-electron chi connectivity index (χ1n) is 4.72. The predicted octanol–water partition coefficient (Wildman–Crippen LogP) is 2.88. The van der Waals surface area contributed by atoms with E-state index in [1.807, 2.05) is 0 Å². The van der Waals surface area contributed by atoms with E-state index in [9.17, 15) is 4.79 Å². The van der Waals surface area contributed by atoms with Crippen LogP contribution >= 0.6 is 11.6 Å². The molecule has 0 aromatic heterocycles. The number of carbonyl (C=O) groups excluding carboxylic acids is 1. The molecule has 0 saturated carbocycles. The van der Waals surface area contributed by atoms with Crippen molar-refractivity contribution in [2.75, 3.05) is 6.54 Å². The van der Waals surface area contributed by atoms with Gasteiger partial charge in [0.1, 0.15) is 0 Å². The maximum atomic E-state index is 11.5. The highest BCUT2D eigenvalue weighted by molar-refractivity contribution is 6.33. The molecule has 0 spiro atoms. The molecule has 1 aromatic rings. The van der Waals surface area contributed by atoms with Gasteiger partial charge in [0.2, 0.25) is 0 Å². The van der Waals surface area contributed by atoms with Crippen molar-refractivity contribution in [2.45, 2.75) is 19.8 Å². The third-order valence-corrected chi connectivity index (χ3v) is 2.20. The lowest BCUT2D eigenvalue weighted by Crippen LogP contribution is -2.17. The van der Waals surface area contributed by atoms with Gasteiger partial charge in [0.25, 0.3) is 5.91 Å². The zero-order valence-corrected chi connectivity index (χ0v) is 8.92. The van der Waals surface area contributed by atoms with Crippen LogP contribution in [-0.4, -0.2) is 12.5 Å². The summed E-state index contributed by atoms with van der Waals surface area (Å²) in [6.07, 6.45) is 1.98. The van der Waals surface area contributed by atoms with Crippen molar-refractivity contribution in [3.63, 3.8) is 0 Å². The summed E-state index contributed by atoms with van der Waals surface area (Å²) in [4.78, 5) is 11.5. The third kappa shape index (κ3) is 3.04. The highest BCUT2D eigenvalue weighted by Gasteiger charge is 2.09. The lowest BCUT2D eigenvalue weighted by Gasteiger charge is -2.02. The fraction of sp³-hybridized carbons (Fsp3) is 0.364. The monoisotopic (exact) mass is 210 g/mol. The van der Waals surface area contributed by atoms with E-state index in [1.165, 1.54) is 0 Å². The Bertz CT molecular complexity index is 312. The minimum absolute atomic E-state index is 0.218. The van der Waals surface area contributed by atoms with E-state index in [-0.39, 0.29) is 5.91 Å². The summed E-state index contributed by atoms with van der Waals surface area (Å²) in [7, 11) is 0. The number of rotatable bonds is 4. The Morgan fingerprint density at radius 2 is 2.14 bits per heavy atom. The van der Waals surface area contributed by atoms with Gasteiger partial charge in [0.15, 0.2) is 0 Å². The summed E-state index contributed by atoms with van der Waals surface area (Å²) < 4.78 is 0. The molecule has 14 heavy (non-hydrogen) atoms. The summed E-state index contributed by atoms with van der Waals surface area (Å²) in [5, 5.41) is 4.39. The maximum Gasteiger partial charge on any atom is 0.273 e. The Balaban J connectivity index is 2.56. The highest BCUT2D eigenvalue weighted by atomic mass is 35.5. The Hall–Kier alpha value is -1.02. The topological polar surface area (TPSA) is 31.2 Å². The molecule has 0 aliphatic carbocycles. The molecule has 0 fully saturated rings. The number of benzene rings is 1. The van der Waals surface area contributed by atoms with Crippen molar-refractivity contribution in [3.8, 4) is 0 Å². The summed E-state index contributed by atoms with van der Waals surface area (Å²) in [5.74, 6) is -0.218. The molecule has 0 saturated heterocycles. The molecule has 1 amide bonds. The first-order valence-corrected chi connectivity index (χ1v) is 5.10. The first-order chi connectivity index (χ1) is 6.75. The molecule has 0 N–H and O–H groups in total. The van der Waals surface area contributed by atoms with Crippen LogP contribution in [0.15, 0.2) is 24.3 Å². The molecular formula is C11H13ClNO. The number of carbonyl (C=O) groups is 1. The molecule has 75 valence electrons. The maximum absolute atomic E-state index is 11.5. The summed E-state index contributed by atoms with van der Waals surface area (Å²) in [5.41, 5.74) is 0.491. The van der Waals surface area contributed by atoms with Gasteiger partial charge in [-0.1, -0.05) is 37.1 Å². The van der Waals surface area contributed by atoms with Gasteiger partial charge in [-0.25, -0.2) is 5.32 Å². The molecular weight excluding hydrogens is 198 g/mol. The summed E-state index contributed by atoms with van der Waals surface area (Å²) in [6.45, 7) is 2.65. The average molecular weight is 211 g/mol. The molecule has 0 aliphatic rings. The highest BCUT2D eigenvalue weighted by Crippen LogP contribution is 2.14. The second-order valence-electron chi connectivity index (χ2n) is 3.02. The van der Waals surface area contributed by atoms with Crippen molar-refractivity contribution >= 4 is 17.5 Å². The van der Waals surface area contributed by atoms with Crippen LogP contribution in [-0.2, 0) is 0 Å². The number of nitrogens with zero attached hydrogens (tertiary/aromatic N) is 1. The molecule has 0 aliphatic heterocycles. The van der Waals surface area contributed by atoms with Crippen LogP contribution in [0.2, 0.25) is 5.02 Å². The van der Waals surface area contributed by atoms with E-state index in [0.29, 0.717) is 17.1 Å². The van der Waals surface area contributed by atoms with E-state index >= 15 is 0 Å². The molecule has 0 bridgehead atoms. The van der Waals surface area contributed by atoms with Crippen molar-refractivity contribution < 1.29 is 4.79 Å². The minimum Gasteiger partial charge on any atom is -0.267 e. The number of amides is 1. The van der Waals surface area contributed by atoms with Crippen molar-refractivity contribution in [1.82, 2.24) is 5.32 Å². The Kier molecular flexibility index (Phi) is 4.47. The normalized spacial score (nSPS) is 9.86. The fourth-order valence-electron chi connectivity index (χ4n) is 1.06. The molecule has 2 nitrogen and oxygen atoms in total. The Morgan fingerprint density at radius 1 is 1.43 bits per heavy atom. The summed E-state index contributed by atoms with van der Waals surface area (Å²) in [6, 6.07) is 6.98. The lowest BCUT2D eigenvalue weighted by atomic mass is 10.2. The summed E-state index contributed by atoms with van der Waals surface area (Å²) >= 11 is 5.85. The first kappa shape index (κ1) is 11.1. The molecule has 0 atom stereocenters. The molecule has 0 heterocycles. The lowest BCUT2D eigenvalue weighted by molar-refractivity contribution is 0.0948. The van der Waals surface area contributed by atoms with Crippen LogP contribution < -0.4 is 5.32 Å². The smallest absolute Gasteiger partial charge is 0.267 e. The molecule has 3 heteroatoms. The predicted molar refractivity (Wildman–Crippen MR) is 57.7 cm³/mol. The van der Waals surface area contributed by atoms with E-state index in [4.69, 9.17) is 11.6 Å². The molecule has 1 rings (SSSR count). The van der Waals surface area contributed by atoms with Gasteiger partial charge in [-0.2, -0.15) is 0 Å². The quantitative estimate of drug-likeness (QED) is 0.703. The van der Waals surface area contributed by atoms with Gasteiger partial charge in [-0.05, 0) is 18.6 Å². The van der Waals surface area contributed by atoms with Crippen LogP contribution in [0.1, 0.15) is 30.1 Å².